The van der Waals surface area contributed by atoms with E-state index in [4.69, 9.17) is 5.73 Å². The number of rotatable bonds is 4. The molecule has 10 heteroatoms. The zero-order valence-corrected chi connectivity index (χ0v) is 16.5. The van der Waals surface area contributed by atoms with Crippen LogP contribution in [0.2, 0.25) is 0 Å². The Balaban J connectivity index is 1.72. The van der Waals surface area contributed by atoms with Crippen LogP contribution >= 0.6 is 0 Å². The molecule has 0 spiro atoms. The van der Waals surface area contributed by atoms with Crippen molar-refractivity contribution in [3.63, 3.8) is 0 Å². The molecule has 1 fully saturated rings. The molecule has 0 aliphatic carbocycles. The van der Waals surface area contributed by atoms with Crippen molar-refractivity contribution < 1.29 is 22.8 Å². The van der Waals surface area contributed by atoms with Gasteiger partial charge in [0.15, 0.2) is 0 Å². The minimum atomic E-state index is -3.36. The van der Waals surface area contributed by atoms with E-state index >= 15 is 0 Å². The fourth-order valence-corrected chi connectivity index (χ4v) is 4.47. The summed E-state index contributed by atoms with van der Waals surface area (Å²) in [6.45, 7) is 2.11. The van der Waals surface area contributed by atoms with Crippen molar-refractivity contribution in [2.75, 3.05) is 27.2 Å². The van der Waals surface area contributed by atoms with Crippen LogP contribution in [0.3, 0.4) is 0 Å². The van der Waals surface area contributed by atoms with Gasteiger partial charge in [-0.05, 0) is 55.3 Å². The minimum absolute atomic E-state index is 0.0829. The molecule has 152 valence electrons. The third kappa shape index (κ3) is 4.54. The predicted octanol–water partition coefficient (Wildman–Crippen LogP) is 1.21. The number of carbonyl (C=O) groups is 3. The largest absolute Gasteiger partial charge is 0.366 e. The zero-order chi connectivity index (χ0) is 21.2. The van der Waals surface area contributed by atoms with E-state index in [0.29, 0.717) is 35.6 Å². The number of hydrogen-bond donors (Lipinski definition) is 3. The van der Waals surface area contributed by atoms with Crippen molar-refractivity contribution in [2.45, 2.75) is 13.3 Å². The smallest absolute Gasteiger partial charge is 0.314 e. The summed E-state index contributed by atoms with van der Waals surface area (Å²) in [5.41, 5.74) is 7.21. The average Bonchev–Trinajstić information content (AvgIpc) is 3.03. The Labute approximate surface area is 167 Å². The Morgan fingerprint density at radius 2 is 1.66 bits per heavy atom. The highest BCUT2D eigenvalue weighted by atomic mass is 32.2. The molecule has 1 aliphatic heterocycles. The number of amides is 3. The summed E-state index contributed by atoms with van der Waals surface area (Å²) in [4.78, 5) is 35.5. The van der Waals surface area contributed by atoms with Gasteiger partial charge in [-0.1, -0.05) is 6.07 Å². The van der Waals surface area contributed by atoms with Crippen LogP contribution in [0.15, 0.2) is 42.5 Å². The Kier molecular flexibility index (Phi) is 5.55. The van der Waals surface area contributed by atoms with Crippen molar-refractivity contribution in [2.24, 2.45) is 5.73 Å². The lowest BCUT2D eigenvalue weighted by Crippen LogP contribution is -2.30. The average molecular weight is 416 g/mol. The summed E-state index contributed by atoms with van der Waals surface area (Å²) in [7, 11) is -3.36. The van der Waals surface area contributed by atoms with Gasteiger partial charge in [-0.25, -0.2) is 8.42 Å². The molecule has 2 aromatic carbocycles. The fourth-order valence-electron chi connectivity index (χ4n) is 2.91. The van der Waals surface area contributed by atoms with Crippen LogP contribution in [-0.4, -0.2) is 38.4 Å². The maximum Gasteiger partial charge on any atom is 0.314 e. The van der Waals surface area contributed by atoms with Crippen LogP contribution in [0.4, 0.5) is 17.1 Å². The lowest BCUT2D eigenvalue weighted by atomic mass is 10.1. The molecular formula is C19H20N4O5S. The van der Waals surface area contributed by atoms with Gasteiger partial charge in [0.25, 0.3) is 0 Å². The SMILES string of the molecule is Cc1ccc(N2CCCS2(=O)=O)cc1NC(=O)C(=O)Nc1ccc(C(N)=O)cc1. The van der Waals surface area contributed by atoms with E-state index in [1.165, 1.54) is 34.6 Å². The van der Waals surface area contributed by atoms with Crippen LogP contribution < -0.4 is 20.7 Å². The van der Waals surface area contributed by atoms with E-state index in [2.05, 4.69) is 10.6 Å². The third-order valence-electron chi connectivity index (χ3n) is 4.49. The topological polar surface area (TPSA) is 139 Å². The van der Waals surface area contributed by atoms with Gasteiger partial charge in [-0.3, -0.25) is 18.7 Å². The first-order valence-electron chi connectivity index (χ1n) is 8.80. The number of nitrogens with one attached hydrogen (secondary N) is 2. The molecule has 0 aromatic heterocycles. The Hall–Kier alpha value is -3.40. The number of nitrogens with two attached hydrogens (primary N) is 1. The van der Waals surface area contributed by atoms with Gasteiger partial charge in [-0.2, -0.15) is 0 Å². The summed E-state index contributed by atoms with van der Waals surface area (Å²) >= 11 is 0. The summed E-state index contributed by atoms with van der Waals surface area (Å²) < 4.78 is 25.5. The van der Waals surface area contributed by atoms with E-state index in [-0.39, 0.29) is 11.3 Å². The molecule has 3 rings (SSSR count). The van der Waals surface area contributed by atoms with Crippen LogP contribution in [-0.2, 0) is 19.6 Å². The van der Waals surface area contributed by atoms with Crippen LogP contribution in [0.5, 0.6) is 0 Å². The van der Waals surface area contributed by atoms with Crippen LogP contribution in [0.25, 0.3) is 0 Å². The molecule has 1 saturated heterocycles. The molecule has 0 bridgehead atoms. The molecule has 9 nitrogen and oxygen atoms in total. The van der Waals surface area contributed by atoms with E-state index in [9.17, 15) is 22.8 Å². The standard InChI is InChI=1S/C19H20N4O5S/c1-12-3-8-15(23-9-2-10-29(23,27)28)11-16(12)22-19(26)18(25)21-14-6-4-13(5-7-14)17(20)24/h3-8,11H,2,9-10H2,1H3,(H2,20,24)(H,21,25)(H,22,26). The Bertz CT molecular complexity index is 1080. The van der Waals surface area contributed by atoms with Gasteiger partial charge in [0, 0.05) is 23.5 Å². The molecule has 29 heavy (non-hydrogen) atoms. The van der Waals surface area contributed by atoms with Gasteiger partial charge in [0.2, 0.25) is 15.9 Å². The lowest BCUT2D eigenvalue weighted by molar-refractivity contribution is -0.133. The van der Waals surface area contributed by atoms with Crippen molar-refractivity contribution in [3.05, 3.63) is 53.6 Å². The molecule has 4 N–H and O–H groups in total. The van der Waals surface area contributed by atoms with Gasteiger partial charge in [-0.15, -0.1) is 0 Å². The fraction of sp³-hybridized carbons (Fsp3) is 0.211. The Morgan fingerprint density at radius 1 is 1.00 bits per heavy atom. The number of anilines is 3. The highest BCUT2D eigenvalue weighted by molar-refractivity contribution is 7.93. The maximum atomic E-state index is 12.3. The second kappa shape index (κ2) is 7.92. The molecule has 2 aromatic rings. The predicted molar refractivity (Wildman–Crippen MR) is 109 cm³/mol. The summed E-state index contributed by atoms with van der Waals surface area (Å²) in [5, 5.41) is 4.93. The van der Waals surface area contributed by atoms with Crippen LogP contribution in [0.1, 0.15) is 22.3 Å². The summed E-state index contributed by atoms with van der Waals surface area (Å²) in [6, 6.07) is 10.6. The molecule has 1 aliphatic rings. The van der Waals surface area contributed by atoms with Gasteiger partial charge < -0.3 is 16.4 Å². The first kappa shape index (κ1) is 20.3. The van der Waals surface area contributed by atoms with E-state index in [1.54, 1.807) is 19.1 Å². The number of carbonyl (C=O) groups excluding carboxylic acids is 3. The summed E-state index contributed by atoms with van der Waals surface area (Å²) in [5.74, 6) is -2.33. The molecule has 0 atom stereocenters. The second-order valence-electron chi connectivity index (χ2n) is 6.59. The lowest BCUT2D eigenvalue weighted by Gasteiger charge is -2.19. The van der Waals surface area contributed by atoms with Crippen molar-refractivity contribution in [1.82, 2.24) is 0 Å². The third-order valence-corrected chi connectivity index (χ3v) is 6.36. The van der Waals surface area contributed by atoms with Gasteiger partial charge in [0.05, 0.1) is 11.4 Å². The van der Waals surface area contributed by atoms with Crippen molar-refractivity contribution in [3.8, 4) is 0 Å². The summed E-state index contributed by atoms with van der Waals surface area (Å²) in [6.07, 6.45) is 0.537. The molecule has 0 radical (unpaired) electrons. The second-order valence-corrected chi connectivity index (χ2v) is 8.60. The number of aryl methyl sites for hydroxylation is 1. The van der Waals surface area contributed by atoms with Crippen molar-refractivity contribution >= 4 is 44.8 Å². The minimum Gasteiger partial charge on any atom is -0.366 e. The molecule has 3 amide bonds. The first-order chi connectivity index (χ1) is 13.7. The van der Waals surface area contributed by atoms with E-state index < -0.39 is 27.7 Å². The van der Waals surface area contributed by atoms with E-state index in [0.717, 1.165) is 0 Å². The first-order valence-corrected chi connectivity index (χ1v) is 10.4. The molecule has 1 heterocycles. The zero-order valence-electron chi connectivity index (χ0n) is 15.6. The van der Waals surface area contributed by atoms with Gasteiger partial charge in [0.1, 0.15) is 0 Å². The highest BCUT2D eigenvalue weighted by Crippen LogP contribution is 2.28. The van der Waals surface area contributed by atoms with Crippen molar-refractivity contribution in [1.29, 1.82) is 0 Å². The number of primary amides is 1. The normalized spacial score (nSPS) is 15.0. The number of hydrogen-bond acceptors (Lipinski definition) is 5. The number of sulfonamides is 1. The molecule has 0 saturated carbocycles. The molecule has 0 unspecified atom stereocenters. The quantitative estimate of drug-likeness (QED) is 0.643. The highest BCUT2D eigenvalue weighted by Gasteiger charge is 2.29. The van der Waals surface area contributed by atoms with Crippen LogP contribution in [0, 0.1) is 6.92 Å². The van der Waals surface area contributed by atoms with Gasteiger partial charge >= 0.3 is 11.8 Å². The maximum absolute atomic E-state index is 12.3. The molecular weight excluding hydrogens is 396 g/mol. The monoisotopic (exact) mass is 416 g/mol. The Morgan fingerprint density at radius 3 is 2.24 bits per heavy atom. The van der Waals surface area contributed by atoms with E-state index in [1.807, 2.05) is 0 Å². The number of nitrogens with zero attached hydrogens (tertiary/aromatic N) is 1. The number of benzene rings is 2.